The van der Waals surface area contributed by atoms with Crippen LogP contribution in [0.5, 0.6) is 17.4 Å². The maximum Gasteiger partial charge on any atom is 0.411 e. The van der Waals surface area contributed by atoms with Crippen LogP contribution in [0.1, 0.15) is 62.0 Å². The molecule has 0 radical (unpaired) electrons. The lowest BCUT2D eigenvalue weighted by Gasteiger charge is -2.30. The van der Waals surface area contributed by atoms with Gasteiger partial charge in [0, 0.05) is 23.9 Å². The van der Waals surface area contributed by atoms with Crippen LogP contribution in [0, 0.1) is 5.92 Å². The van der Waals surface area contributed by atoms with Crippen molar-refractivity contribution in [3.63, 3.8) is 0 Å². The van der Waals surface area contributed by atoms with Gasteiger partial charge in [-0.1, -0.05) is 0 Å². The SMILES string of the molecule is COc1ccc(COCC(F)(F)F)c(O[C@H]2CC[C@H](Oc3cc(C(CC(=O)O)C4CC4)ccn3)CC2)c1. The average Bonchev–Trinajstić information content (AvgIpc) is 3.69. The number of hydrogen-bond acceptors (Lipinski definition) is 6. The number of nitrogens with zero attached hydrogens (tertiary/aromatic N) is 1. The van der Waals surface area contributed by atoms with Crippen LogP contribution in [0.15, 0.2) is 36.5 Å². The predicted octanol–water partition coefficient (Wildman–Crippen LogP) is 5.91. The minimum absolute atomic E-state index is 0.0239. The molecular weight excluding hydrogens is 491 g/mol. The standard InChI is InChI=1S/C27H32F3NO6/c1-34-22-5-4-19(15-35-16-27(28,29)30)24(13-22)36-20-6-8-21(9-7-20)37-25-12-18(10-11-31-25)23(14-26(32)33)17-2-3-17/h4-5,10-13,17,20-21,23H,2-3,6-9,14-16H2,1H3,(H,32,33)/t20-,21-,23?. The van der Waals surface area contributed by atoms with Crippen molar-refractivity contribution in [1.29, 1.82) is 0 Å². The Morgan fingerprint density at radius 1 is 1.05 bits per heavy atom. The Labute approximate surface area is 213 Å². The molecule has 0 spiro atoms. The van der Waals surface area contributed by atoms with Gasteiger partial charge in [0.15, 0.2) is 0 Å². The van der Waals surface area contributed by atoms with E-state index in [1.54, 1.807) is 24.4 Å². The Balaban J connectivity index is 1.32. The number of alkyl halides is 3. The minimum Gasteiger partial charge on any atom is -0.497 e. The molecule has 1 atom stereocenters. The summed E-state index contributed by atoms with van der Waals surface area (Å²) in [5.74, 6) is 1.06. The topological polar surface area (TPSA) is 87.1 Å². The zero-order valence-corrected chi connectivity index (χ0v) is 20.7. The second-order valence-corrected chi connectivity index (χ2v) is 9.69. The molecule has 7 nitrogen and oxygen atoms in total. The molecule has 202 valence electrons. The van der Waals surface area contributed by atoms with Gasteiger partial charge in [-0.3, -0.25) is 4.79 Å². The van der Waals surface area contributed by atoms with Gasteiger partial charge in [0.05, 0.1) is 26.2 Å². The summed E-state index contributed by atoms with van der Waals surface area (Å²) in [6.45, 7) is -1.54. The van der Waals surface area contributed by atoms with Gasteiger partial charge >= 0.3 is 12.1 Å². The number of methoxy groups -OCH3 is 1. The van der Waals surface area contributed by atoms with Crippen LogP contribution in [-0.2, 0) is 16.1 Å². The monoisotopic (exact) mass is 523 g/mol. The summed E-state index contributed by atoms with van der Waals surface area (Å²) < 4.78 is 59.8. The Kier molecular flexibility index (Phi) is 8.79. The molecule has 0 saturated heterocycles. The third-order valence-electron chi connectivity index (χ3n) is 6.77. The number of carbonyl (C=O) groups is 1. The molecule has 1 aromatic carbocycles. The highest BCUT2D eigenvalue weighted by molar-refractivity contribution is 5.68. The first-order valence-corrected chi connectivity index (χ1v) is 12.5. The summed E-state index contributed by atoms with van der Waals surface area (Å²) in [7, 11) is 1.51. The number of rotatable bonds is 12. The number of benzene rings is 1. The van der Waals surface area contributed by atoms with E-state index in [0.717, 1.165) is 31.2 Å². The number of carboxylic acid groups (broad SMARTS) is 1. The van der Waals surface area contributed by atoms with Gasteiger partial charge in [0.1, 0.15) is 24.2 Å². The van der Waals surface area contributed by atoms with Crippen LogP contribution in [0.3, 0.4) is 0 Å². The first kappa shape index (κ1) is 27.0. The van der Waals surface area contributed by atoms with E-state index in [2.05, 4.69) is 4.98 Å². The summed E-state index contributed by atoms with van der Waals surface area (Å²) >= 11 is 0. The molecular formula is C27H32F3NO6. The second kappa shape index (κ2) is 12.0. The third-order valence-corrected chi connectivity index (χ3v) is 6.77. The van der Waals surface area contributed by atoms with Crippen molar-refractivity contribution < 1.29 is 42.0 Å². The third kappa shape index (κ3) is 8.24. The first-order chi connectivity index (χ1) is 17.7. The number of carboxylic acids is 1. The van der Waals surface area contributed by atoms with Crippen LogP contribution in [0.2, 0.25) is 0 Å². The van der Waals surface area contributed by atoms with E-state index in [1.807, 2.05) is 12.1 Å². The lowest BCUT2D eigenvalue weighted by atomic mass is 9.91. The second-order valence-electron chi connectivity index (χ2n) is 9.69. The Morgan fingerprint density at radius 2 is 1.76 bits per heavy atom. The van der Waals surface area contributed by atoms with Crippen molar-refractivity contribution in [3.05, 3.63) is 47.7 Å². The van der Waals surface area contributed by atoms with Gasteiger partial charge in [-0.25, -0.2) is 4.98 Å². The summed E-state index contributed by atoms with van der Waals surface area (Å²) in [6, 6.07) is 8.70. The molecule has 0 amide bonds. The van der Waals surface area contributed by atoms with Gasteiger partial charge in [0.2, 0.25) is 5.88 Å². The van der Waals surface area contributed by atoms with E-state index in [0.29, 0.717) is 41.7 Å². The fraction of sp³-hybridized carbons (Fsp3) is 0.556. The van der Waals surface area contributed by atoms with E-state index >= 15 is 0 Å². The van der Waals surface area contributed by atoms with Gasteiger partial charge in [-0.15, -0.1) is 0 Å². The summed E-state index contributed by atoms with van der Waals surface area (Å²) in [5, 5.41) is 9.29. The average molecular weight is 524 g/mol. The quantitative estimate of drug-likeness (QED) is 0.370. The fourth-order valence-corrected chi connectivity index (χ4v) is 4.75. The van der Waals surface area contributed by atoms with Crippen molar-refractivity contribution in [2.45, 2.75) is 75.9 Å². The number of hydrogen-bond donors (Lipinski definition) is 1. The smallest absolute Gasteiger partial charge is 0.411 e. The van der Waals surface area contributed by atoms with Gasteiger partial charge in [-0.2, -0.15) is 13.2 Å². The maximum atomic E-state index is 12.5. The molecule has 2 saturated carbocycles. The van der Waals surface area contributed by atoms with Crippen LogP contribution in [-0.4, -0.2) is 48.2 Å². The number of ether oxygens (including phenoxy) is 4. The van der Waals surface area contributed by atoms with Crippen molar-refractivity contribution >= 4 is 5.97 Å². The maximum absolute atomic E-state index is 12.5. The molecule has 0 aliphatic heterocycles. The van der Waals surface area contributed by atoms with Gasteiger partial charge in [0.25, 0.3) is 0 Å². The molecule has 1 heterocycles. The molecule has 2 aromatic rings. The normalized spacial score (nSPS) is 20.8. The Hall–Kier alpha value is -3.01. The van der Waals surface area contributed by atoms with Crippen molar-refractivity contribution in [3.8, 4) is 17.4 Å². The lowest BCUT2D eigenvalue weighted by Crippen LogP contribution is -2.30. The molecule has 37 heavy (non-hydrogen) atoms. The van der Waals surface area contributed by atoms with E-state index in [9.17, 15) is 23.1 Å². The molecule has 1 N–H and O–H groups in total. The highest BCUT2D eigenvalue weighted by atomic mass is 19.4. The zero-order valence-electron chi connectivity index (χ0n) is 20.7. The molecule has 2 aliphatic rings. The molecule has 2 fully saturated rings. The zero-order chi connectivity index (χ0) is 26.4. The lowest BCUT2D eigenvalue weighted by molar-refractivity contribution is -0.176. The van der Waals surface area contributed by atoms with Crippen LogP contribution < -0.4 is 14.2 Å². The molecule has 0 bridgehead atoms. The van der Waals surface area contributed by atoms with Crippen LogP contribution in [0.4, 0.5) is 13.2 Å². The predicted molar refractivity (Wildman–Crippen MR) is 128 cm³/mol. The Morgan fingerprint density at radius 3 is 2.38 bits per heavy atom. The molecule has 1 aromatic heterocycles. The van der Waals surface area contributed by atoms with Crippen molar-refractivity contribution in [2.75, 3.05) is 13.7 Å². The van der Waals surface area contributed by atoms with Gasteiger partial charge in [-0.05, 0) is 74.1 Å². The molecule has 10 heteroatoms. The minimum atomic E-state index is -4.39. The van der Waals surface area contributed by atoms with Crippen molar-refractivity contribution in [2.24, 2.45) is 5.92 Å². The van der Waals surface area contributed by atoms with Crippen LogP contribution in [0.25, 0.3) is 0 Å². The van der Waals surface area contributed by atoms with E-state index in [1.165, 1.54) is 7.11 Å². The van der Waals surface area contributed by atoms with E-state index in [4.69, 9.17) is 18.9 Å². The fourth-order valence-electron chi connectivity index (χ4n) is 4.75. The largest absolute Gasteiger partial charge is 0.497 e. The van der Waals surface area contributed by atoms with E-state index in [-0.39, 0.29) is 31.2 Å². The molecule has 2 aliphatic carbocycles. The van der Waals surface area contributed by atoms with E-state index < -0.39 is 18.8 Å². The van der Waals surface area contributed by atoms with Crippen molar-refractivity contribution in [1.82, 2.24) is 4.98 Å². The Bertz CT molecular complexity index is 1050. The summed E-state index contributed by atoms with van der Waals surface area (Å²) in [6.07, 6.45) is 2.14. The van der Waals surface area contributed by atoms with Gasteiger partial charge < -0.3 is 24.1 Å². The first-order valence-electron chi connectivity index (χ1n) is 12.5. The number of aliphatic carboxylic acids is 1. The number of halogens is 3. The highest BCUT2D eigenvalue weighted by Gasteiger charge is 2.34. The number of pyridine rings is 1. The summed E-state index contributed by atoms with van der Waals surface area (Å²) in [4.78, 5) is 15.6. The summed E-state index contributed by atoms with van der Waals surface area (Å²) in [5.41, 5.74) is 1.47. The highest BCUT2D eigenvalue weighted by Crippen LogP contribution is 2.45. The number of aromatic nitrogens is 1. The molecule has 4 rings (SSSR count). The molecule has 1 unspecified atom stereocenters. The van der Waals surface area contributed by atoms with Crippen LogP contribution >= 0.6 is 0 Å².